The van der Waals surface area contributed by atoms with Gasteiger partial charge in [-0.05, 0) is 86.0 Å². The van der Waals surface area contributed by atoms with Crippen LogP contribution in [0.15, 0.2) is 90.2 Å². The van der Waals surface area contributed by atoms with E-state index >= 15 is 0 Å². The molecule has 0 atom stereocenters. The number of nitrogens with zero attached hydrogens (tertiary/aromatic N) is 2. The van der Waals surface area contributed by atoms with Gasteiger partial charge in [0.05, 0.1) is 63.5 Å². The molecular weight excluding hydrogens is 951 g/mol. The van der Waals surface area contributed by atoms with Gasteiger partial charge in [-0.25, -0.2) is 0 Å². The molecule has 1 N–H and O–H groups in total. The lowest BCUT2D eigenvalue weighted by Crippen LogP contribution is -2.29. The van der Waals surface area contributed by atoms with Gasteiger partial charge in [-0.2, -0.15) is 0 Å². The van der Waals surface area contributed by atoms with Crippen molar-refractivity contribution >= 4 is 12.1 Å². The Morgan fingerprint density at radius 1 is 0.493 bits per heavy atom. The number of aromatic nitrogens is 1. The van der Waals surface area contributed by atoms with Crippen LogP contribution >= 0.6 is 0 Å². The van der Waals surface area contributed by atoms with Crippen LogP contribution in [0.25, 0.3) is 0 Å². The summed E-state index contributed by atoms with van der Waals surface area (Å²) in [4.78, 5) is 22.2. The van der Waals surface area contributed by atoms with E-state index in [9.17, 15) is 4.79 Å². The Kier molecular flexibility index (Phi) is 20.3. The van der Waals surface area contributed by atoms with E-state index in [1.54, 1.807) is 69.3 Å². The first-order valence-corrected chi connectivity index (χ1v) is 25.7. The molecule has 398 valence electrons. The number of methoxy groups -OCH3 is 8. The zero-order valence-electron chi connectivity index (χ0n) is 45.2. The number of unbranched alkanes of at least 4 members (excludes halogenated alkanes) is 4. The Morgan fingerprint density at radius 2 is 0.853 bits per heavy atom. The van der Waals surface area contributed by atoms with Crippen LogP contribution in [0.5, 0.6) is 57.5 Å². The Labute approximate surface area is 442 Å². The van der Waals surface area contributed by atoms with Crippen molar-refractivity contribution in [2.75, 3.05) is 83.2 Å². The molecule has 0 aliphatic heterocycles. The zero-order valence-corrected chi connectivity index (χ0v) is 45.2. The molecule has 10 aliphatic carbocycles. The summed E-state index contributed by atoms with van der Waals surface area (Å²) in [5.41, 5.74) is 9.76. The van der Waals surface area contributed by atoms with Crippen LogP contribution in [0.1, 0.15) is 107 Å². The van der Waals surface area contributed by atoms with Gasteiger partial charge in [0, 0.05) is 125 Å². The third kappa shape index (κ3) is 14.4. The van der Waals surface area contributed by atoms with E-state index in [-0.39, 0.29) is 12.5 Å². The minimum Gasteiger partial charge on any atom is -0.496 e. The summed E-state index contributed by atoms with van der Waals surface area (Å²) in [7, 11) is 13.3. The Balaban J connectivity index is 1.28. The quantitative estimate of drug-likeness (QED) is 0.0481. The van der Waals surface area contributed by atoms with Crippen LogP contribution in [-0.4, -0.2) is 100 Å². The maximum atomic E-state index is 13.5. The van der Waals surface area contributed by atoms with E-state index in [0.717, 1.165) is 106 Å². The molecule has 14 heteroatoms. The van der Waals surface area contributed by atoms with E-state index in [1.165, 1.54) is 0 Å². The Morgan fingerprint density at radius 3 is 1.21 bits per heavy atom. The van der Waals surface area contributed by atoms with Gasteiger partial charge in [0.15, 0.2) is 6.61 Å². The van der Waals surface area contributed by atoms with Crippen LogP contribution < -0.4 is 52.7 Å². The summed E-state index contributed by atoms with van der Waals surface area (Å²) >= 11 is 0. The van der Waals surface area contributed by atoms with E-state index in [4.69, 9.17) is 47.4 Å². The van der Waals surface area contributed by atoms with Gasteiger partial charge in [0.1, 0.15) is 57.5 Å². The average molecular weight is 1020 g/mol. The minimum atomic E-state index is -0.211. The highest BCUT2D eigenvalue weighted by Gasteiger charge is 2.24. The number of benzene rings is 5. The second-order valence-corrected chi connectivity index (χ2v) is 18.4. The molecule has 0 saturated heterocycles. The topological polar surface area (TPSA) is 147 Å². The van der Waals surface area contributed by atoms with Crippen LogP contribution in [0.2, 0.25) is 0 Å². The van der Waals surface area contributed by atoms with Gasteiger partial charge in [-0.1, -0.05) is 32.3 Å². The predicted molar refractivity (Wildman–Crippen MR) is 293 cm³/mol. The molecule has 0 saturated carbocycles. The van der Waals surface area contributed by atoms with Crippen LogP contribution in [0.4, 0.5) is 0 Å². The number of nitrogens with one attached hydrogen (secondary N) is 1. The second kappa shape index (κ2) is 27.6. The van der Waals surface area contributed by atoms with Crippen molar-refractivity contribution < 1.29 is 52.2 Å². The molecule has 1 amide bonds. The van der Waals surface area contributed by atoms with Gasteiger partial charge in [-0.3, -0.25) is 14.8 Å². The van der Waals surface area contributed by atoms with Crippen LogP contribution in [0.3, 0.4) is 0 Å². The summed E-state index contributed by atoms with van der Waals surface area (Å²) in [5, 5.41) is 3.07. The molecule has 6 aromatic rings. The molecule has 10 bridgehead atoms. The highest BCUT2D eigenvalue weighted by Crippen LogP contribution is 2.42. The molecule has 0 unspecified atom stereocenters. The monoisotopic (exact) mass is 1020 g/mol. The number of aliphatic imine (C=N–C) groups is 1. The first-order chi connectivity index (χ1) is 36.6. The number of hydrogen-bond acceptors (Lipinski definition) is 13. The number of ether oxygens (including phenoxy) is 10. The third-order valence-corrected chi connectivity index (χ3v) is 13.5. The molecule has 5 aromatic carbocycles. The molecule has 0 radical (unpaired) electrons. The molecule has 0 fully saturated rings. The Bertz CT molecular complexity index is 2890. The third-order valence-electron chi connectivity index (χ3n) is 13.5. The van der Waals surface area contributed by atoms with E-state index < -0.39 is 0 Å². The highest BCUT2D eigenvalue weighted by atomic mass is 16.5. The number of pyridine rings is 1. The molecule has 1 heterocycles. The van der Waals surface area contributed by atoms with Gasteiger partial charge < -0.3 is 52.7 Å². The molecular formula is C61H73N3O11. The normalized spacial score (nSPS) is 12.1. The number of hydrogen-bond donors (Lipinski definition) is 1. The maximum Gasteiger partial charge on any atom is 0.257 e. The molecule has 10 aliphatic rings. The van der Waals surface area contributed by atoms with Gasteiger partial charge in [-0.15, -0.1) is 0 Å². The largest absolute Gasteiger partial charge is 0.496 e. The molecule has 0 spiro atoms. The number of rotatable bonds is 23. The summed E-state index contributed by atoms with van der Waals surface area (Å²) in [5.74, 6) is 6.45. The first-order valence-electron chi connectivity index (χ1n) is 25.7. The highest BCUT2D eigenvalue weighted by molar-refractivity contribution is 5.79. The molecule has 16 rings (SSSR count). The molecule has 14 nitrogen and oxygen atoms in total. The van der Waals surface area contributed by atoms with Crippen molar-refractivity contribution in [3.05, 3.63) is 146 Å². The standard InChI is InChI=1S/C61H73N3O11/c1-10-11-21-74-59-35-50-26-48-34-56(71-7)46(32-58(48)73-9)24-44-30-52(67-3)42(28-54(44)69-5)22-41-27-53(68-4)43(29-51(41)66-2)23-45-31-57(72-8)47(33-55(45)70-6)25-49(59)36-60(50)75-39-61(65)64-20-15-13-12-14-18-62-37-40-17-16-19-63-38-40/h16-17,19,27-38H,10-15,18,20-26,39H2,1-9H3,(H,64,65). The van der Waals surface area contributed by atoms with E-state index in [0.29, 0.717) is 103 Å². The fraction of sp³-hybridized carbons (Fsp3) is 0.393. The zero-order chi connectivity index (χ0) is 53.1. The summed E-state index contributed by atoms with van der Waals surface area (Å²) < 4.78 is 61.9. The summed E-state index contributed by atoms with van der Waals surface area (Å²) in [6, 6.07) is 24.0. The van der Waals surface area contributed by atoms with Crippen molar-refractivity contribution in [2.24, 2.45) is 4.99 Å². The lowest BCUT2D eigenvalue weighted by atomic mass is 9.94. The van der Waals surface area contributed by atoms with E-state index in [2.05, 4.69) is 22.2 Å². The fourth-order valence-electron chi connectivity index (χ4n) is 9.47. The van der Waals surface area contributed by atoms with Crippen molar-refractivity contribution in [3.8, 4) is 57.5 Å². The Hall–Kier alpha value is -7.61. The summed E-state index contributed by atoms with van der Waals surface area (Å²) in [6.45, 7) is 3.75. The van der Waals surface area contributed by atoms with Crippen molar-refractivity contribution in [3.63, 3.8) is 0 Å². The minimum absolute atomic E-state index is 0.184. The lowest BCUT2D eigenvalue weighted by molar-refractivity contribution is -0.123. The van der Waals surface area contributed by atoms with Gasteiger partial charge in [0.25, 0.3) is 5.91 Å². The SMILES string of the molecule is CCCCOc1cc2c(OCC(=O)NCCCCCCN=Cc3cccnc3)cc1Cc1cc(OC)c(cc1OC)Cc1cc(OC)c(cc1OC)Cc1cc(OC)c(cc1OC)Cc1cc(OC)c(cc1OC)C2. The molecule has 1 aromatic heterocycles. The van der Waals surface area contributed by atoms with E-state index in [1.807, 2.05) is 79.0 Å². The van der Waals surface area contributed by atoms with Crippen molar-refractivity contribution in [2.45, 2.75) is 77.6 Å². The fourth-order valence-corrected chi connectivity index (χ4v) is 9.47. The van der Waals surface area contributed by atoms with Gasteiger partial charge in [0.2, 0.25) is 0 Å². The number of carbonyl (C=O) groups is 1. The number of carbonyl (C=O) groups excluding carboxylic acids is 1. The van der Waals surface area contributed by atoms with Crippen LogP contribution in [0, 0.1) is 0 Å². The van der Waals surface area contributed by atoms with Gasteiger partial charge >= 0.3 is 0 Å². The first kappa shape index (κ1) is 55.1. The predicted octanol–water partition coefficient (Wildman–Crippen LogP) is 10.8. The van der Waals surface area contributed by atoms with Crippen molar-refractivity contribution in [1.29, 1.82) is 0 Å². The second-order valence-electron chi connectivity index (χ2n) is 18.4. The van der Waals surface area contributed by atoms with Crippen LogP contribution in [-0.2, 0) is 36.9 Å². The van der Waals surface area contributed by atoms with Crippen molar-refractivity contribution in [1.82, 2.24) is 10.3 Å². The molecule has 75 heavy (non-hydrogen) atoms. The number of amides is 1. The summed E-state index contributed by atoms with van der Waals surface area (Å²) in [6.07, 6.45) is 13.2. The smallest absolute Gasteiger partial charge is 0.257 e. The lowest BCUT2D eigenvalue weighted by Gasteiger charge is -2.21. The maximum absolute atomic E-state index is 13.5. The average Bonchev–Trinajstić information content (AvgIpc) is 3.43.